The second-order valence-corrected chi connectivity index (χ2v) is 4.46. The average molecular weight is 178 g/mol. The van der Waals surface area contributed by atoms with Gasteiger partial charge in [0.2, 0.25) is 0 Å². The molecule has 0 atom stereocenters. The van der Waals surface area contributed by atoms with Crippen molar-refractivity contribution >= 4 is 0 Å². The molecule has 0 spiro atoms. The molecule has 70 valence electrons. The van der Waals surface area contributed by atoms with E-state index in [1.54, 1.807) is 0 Å². The van der Waals surface area contributed by atoms with Crippen LogP contribution in [0.15, 0.2) is 18.2 Å². The topological polar surface area (TPSA) is 20.2 Å². The molecule has 1 N–H and O–H groups in total. The monoisotopic (exact) mass is 178 g/mol. The first-order chi connectivity index (χ1) is 6.12. The molecule has 1 aromatic rings. The number of rotatable bonds is 1. The Morgan fingerprint density at radius 3 is 2.77 bits per heavy atom. The van der Waals surface area contributed by atoms with Gasteiger partial charge in [0.25, 0.3) is 0 Å². The first-order valence-electron chi connectivity index (χ1n) is 4.65. The van der Waals surface area contributed by atoms with E-state index in [9.17, 15) is 0 Å². The van der Waals surface area contributed by atoms with Crippen molar-refractivity contribution in [2.75, 3.05) is 14.1 Å². The van der Waals surface area contributed by atoms with Crippen molar-refractivity contribution in [2.45, 2.75) is 19.7 Å². The highest BCUT2D eigenvalue weighted by atomic mass is 16.3. The van der Waals surface area contributed by atoms with Crippen LogP contribution in [0.1, 0.15) is 16.7 Å². The maximum absolute atomic E-state index is 9.17. The molecule has 2 nitrogen and oxygen atoms in total. The Morgan fingerprint density at radius 2 is 2.08 bits per heavy atom. The average Bonchev–Trinajstić information content (AvgIpc) is 2.37. The smallest absolute Gasteiger partial charge is 0.105 e. The number of fused-ring (bicyclic) bond motifs is 1. The summed E-state index contributed by atoms with van der Waals surface area (Å²) in [5.41, 5.74) is 3.85. The zero-order chi connectivity index (χ0) is 9.47. The van der Waals surface area contributed by atoms with Crippen molar-refractivity contribution in [1.29, 1.82) is 0 Å². The van der Waals surface area contributed by atoms with Crippen molar-refractivity contribution in [3.63, 3.8) is 0 Å². The Kier molecular flexibility index (Phi) is 1.90. The van der Waals surface area contributed by atoms with E-state index in [-0.39, 0.29) is 6.61 Å². The van der Waals surface area contributed by atoms with E-state index in [0.29, 0.717) is 0 Å². The number of hydrogen-bond acceptors (Lipinski definition) is 1. The summed E-state index contributed by atoms with van der Waals surface area (Å²) >= 11 is 0. The van der Waals surface area contributed by atoms with E-state index >= 15 is 0 Å². The molecule has 1 aromatic carbocycles. The lowest BCUT2D eigenvalue weighted by atomic mass is 10.0. The van der Waals surface area contributed by atoms with Gasteiger partial charge in [-0.2, -0.15) is 0 Å². The van der Waals surface area contributed by atoms with Crippen LogP contribution in [-0.4, -0.2) is 23.7 Å². The zero-order valence-corrected chi connectivity index (χ0v) is 8.25. The number of aliphatic hydroxyl groups excluding tert-OH is 1. The normalized spacial score (nSPS) is 18.7. The zero-order valence-electron chi connectivity index (χ0n) is 8.25. The van der Waals surface area contributed by atoms with Crippen LogP contribution >= 0.6 is 0 Å². The molecule has 0 aromatic heterocycles. The first-order valence-corrected chi connectivity index (χ1v) is 4.65. The van der Waals surface area contributed by atoms with Gasteiger partial charge in [0.1, 0.15) is 13.1 Å². The SMILES string of the molecule is C[N+]1(C)Cc2cccc(CO)c2C1. The Hall–Kier alpha value is -0.860. The van der Waals surface area contributed by atoms with Gasteiger partial charge in [-0.1, -0.05) is 18.2 Å². The minimum absolute atomic E-state index is 0.170. The van der Waals surface area contributed by atoms with Gasteiger partial charge < -0.3 is 9.59 Å². The van der Waals surface area contributed by atoms with Crippen molar-refractivity contribution in [3.05, 3.63) is 34.9 Å². The third-order valence-electron chi connectivity index (χ3n) is 2.72. The molecule has 0 fully saturated rings. The highest BCUT2D eigenvalue weighted by molar-refractivity contribution is 5.35. The van der Waals surface area contributed by atoms with Crippen LogP contribution in [0.3, 0.4) is 0 Å². The molecule has 2 heteroatoms. The van der Waals surface area contributed by atoms with E-state index in [4.69, 9.17) is 5.11 Å². The molecule has 0 saturated carbocycles. The summed E-state index contributed by atoms with van der Waals surface area (Å²) in [6.07, 6.45) is 0. The predicted octanol–water partition coefficient (Wildman–Crippen LogP) is 1.27. The summed E-state index contributed by atoms with van der Waals surface area (Å²) in [5.74, 6) is 0. The fourth-order valence-electron chi connectivity index (χ4n) is 2.13. The fourth-order valence-corrected chi connectivity index (χ4v) is 2.13. The summed E-state index contributed by atoms with van der Waals surface area (Å²) in [7, 11) is 4.45. The lowest BCUT2D eigenvalue weighted by molar-refractivity contribution is -0.910. The number of quaternary nitrogens is 1. The van der Waals surface area contributed by atoms with Crippen LogP contribution in [0.4, 0.5) is 0 Å². The van der Waals surface area contributed by atoms with Crippen LogP contribution in [0.5, 0.6) is 0 Å². The quantitative estimate of drug-likeness (QED) is 0.642. The standard InChI is InChI=1S/C11H16NO/c1-12(2)6-9-4-3-5-10(8-13)11(9)7-12/h3-5,13H,6-8H2,1-2H3/q+1. The Morgan fingerprint density at radius 1 is 1.31 bits per heavy atom. The second kappa shape index (κ2) is 2.82. The van der Waals surface area contributed by atoms with Gasteiger partial charge >= 0.3 is 0 Å². The molecule has 0 unspecified atom stereocenters. The van der Waals surface area contributed by atoms with Gasteiger partial charge in [-0.25, -0.2) is 0 Å². The minimum Gasteiger partial charge on any atom is -0.392 e. The first kappa shape index (κ1) is 8.73. The number of nitrogens with zero attached hydrogens (tertiary/aromatic N) is 1. The summed E-state index contributed by atoms with van der Waals surface area (Å²) < 4.78 is 1.01. The summed E-state index contributed by atoms with van der Waals surface area (Å²) in [5, 5.41) is 9.17. The Balaban J connectivity index is 2.45. The molecule has 1 heterocycles. The Labute approximate surface area is 79.0 Å². The highest BCUT2D eigenvalue weighted by Gasteiger charge is 2.28. The lowest BCUT2D eigenvalue weighted by Gasteiger charge is -2.22. The third kappa shape index (κ3) is 1.47. The van der Waals surface area contributed by atoms with Gasteiger partial charge in [0, 0.05) is 11.1 Å². The minimum atomic E-state index is 0.170. The molecule has 0 bridgehead atoms. The molecular weight excluding hydrogens is 162 g/mol. The van der Waals surface area contributed by atoms with Gasteiger partial charge in [-0.05, 0) is 5.56 Å². The number of hydrogen-bond donors (Lipinski definition) is 1. The lowest BCUT2D eigenvalue weighted by Crippen LogP contribution is -2.32. The fraction of sp³-hybridized carbons (Fsp3) is 0.455. The van der Waals surface area contributed by atoms with Gasteiger partial charge in [0.05, 0.1) is 20.7 Å². The van der Waals surface area contributed by atoms with Crippen molar-refractivity contribution in [3.8, 4) is 0 Å². The van der Waals surface area contributed by atoms with Crippen LogP contribution in [-0.2, 0) is 19.7 Å². The largest absolute Gasteiger partial charge is 0.392 e. The molecule has 2 rings (SSSR count). The van der Waals surface area contributed by atoms with Gasteiger partial charge in [0.15, 0.2) is 0 Å². The number of aliphatic hydroxyl groups is 1. The molecule has 0 saturated heterocycles. The van der Waals surface area contributed by atoms with Crippen molar-refractivity contribution in [2.24, 2.45) is 0 Å². The third-order valence-corrected chi connectivity index (χ3v) is 2.72. The van der Waals surface area contributed by atoms with Crippen molar-refractivity contribution in [1.82, 2.24) is 0 Å². The molecule has 13 heavy (non-hydrogen) atoms. The highest BCUT2D eigenvalue weighted by Crippen LogP contribution is 2.28. The molecular formula is C11H16NO+. The summed E-state index contributed by atoms with van der Waals surface area (Å²) in [6.45, 7) is 2.30. The van der Waals surface area contributed by atoms with Gasteiger partial charge in [-0.15, -0.1) is 0 Å². The van der Waals surface area contributed by atoms with Crippen LogP contribution in [0.25, 0.3) is 0 Å². The maximum atomic E-state index is 9.17. The van der Waals surface area contributed by atoms with E-state index in [1.165, 1.54) is 11.1 Å². The molecule has 0 radical (unpaired) electrons. The number of benzene rings is 1. The van der Waals surface area contributed by atoms with E-state index in [0.717, 1.165) is 23.1 Å². The molecule has 1 aliphatic rings. The Bertz CT molecular complexity index is 331. The van der Waals surface area contributed by atoms with Gasteiger partial charge in [-0.3, -0.25) is 0 Å². The molecule has 0 amide bonds. The van der Waals surface area contributed by atoms with E-state index in [1.807, 2.05) is 12.1 Å². The molecule has 1 aliphatic heterocycles. The van der Waals surface area contributed by atoms with E-state index < -0.39 is 0 Å². The second-order valence-electron chi connectivity index (χ2n) is 4.46. The van der Waals surface area contributed by atoms with Crippen LogP contribution < -0.4 is 0 Å². The van der Waals surface area contributed by atoms with Crippen LogP contribution in [0, 0.1) is 0 Å². The predicted molar refractivity (Wildman–Crippen MR) is 51.9 cm³/mol. The van der Waals surface area contributed by atoms with E-state index in [2.05, 4.69) is 20.2 Å². The molecule has 0 aliphatic carbocycles. The summed E-state index contributed by atoms with van der Waals surface area (Å²) in [6, 6.07) is 6.22. The van der Waals surface area contributed by atoms with Crippen LogP contribution in [0.2, 0.25) is 0 Å². The summed E-state index contributed by atoms with van der Waals surface area (Å²) in [4.78, 5) is 0. The van der Waals surface area contributed by atoms with Crippen molar-refractivity contribution < 1.29 is 9.59 Å². The maximum Gasteiger partial charge on any atom is 0.105 e.